The van der Waals surface area contributed by atoms with Crippen LogP contribution in [0.5, 0.6) is 0 Å². The normalized spacial score (nSPS) is 13.9. The number of nitrogens with zero attached hydrogens (tertiary/aromatic N) is 1. The minimum atomic E-state index is -3.41. The van der Waals surface area contributed by atoms with E-state index >= 15 is 0 Å². The molecule has 120 valence electrons. The second-order valence-corrected chi connectivity index (χ2v) is 10.3. The Morgan fingerprint density at radius 1 is 1.18 bits per heavy atom. The van der Waals surface area contributed by atoms with Crippen LogP contribution < -0.4 is 5.32 Å². The highest BCUT2D eigenvalue weighted by atomic mass is 32.2. The van der Waals surface area contributed by atoms with Crippen LogP contribution in [0.3, 0.4) is 0 Å². The predicted octanol–water partition coefficient (Wildman–Crippen LogP) is 4.20. The van der Waals surface area contributed by atoms with Crippen molar-refractivity contribution in [3.05, 3.63) is 40.2 Å². The van der Waals surface area contributed by atoms with Crippen LogP contribution in [0.1, 0.15) is 43.5 Å². The van der Waals surface area contributed by atoms with Crippen molar-refractivity contribution < 1.29 is 8.42 Å². The zero-order valence-corrected chi connectivity index (χ0v) is 15.2. The van der Waals surface area contributed by atoms with E-state index in [2.05, 4.69) is 36.3 Å². The molecule has 2 aromatic heterocycles. The van der Waals surface area contributed by atoms with Gasteiger partial charge in [0.05, 0.1) is 22.7 Å². The van der Waals surface area contributed by atoms with Crippen LogP contribution in [0.15, 0.2) is 35.5 Å². The van der Waals surface area contributed by atoms with Crippen molar-refractivity contribution in [1.82, 2.24) is 4.98 Å². The number of aryl methyl sites for hydroxylation is 1. The summed E-state index contributed by atoms with van der Waals surface area (Å²) in [6.07, 6.45) is 1.58. The minimum absolute atomic E-state index is 0.116. The number of nitrogens with one attached hydrogen (secondary N) is 1. The number of anilines is 1. The van der Waals surface area contributed by atoms with Crippen molar-refractivity contribution in [2.45, 2.75) is 50.4 Å². The number of hydrogen-bond acceptors (Lipinski definition) is 5. The lowest BCUT2D eigenvalue weighted by Crippen LogP contribution is -2.28. The standard InChI is InChI=1S/C16H22N2O2S2/c1-11-6-8-14(21-11)12(2)18-13-7-9-15(17-10-13)22(19,20)16(3,4)5/h6-10,12,18H,1-5H3. The molecule has 1 unspecified atom stereocenters. The number of sulfone groups is 1. The summed E-state index contributed by atoms with van der Waals surface area (Å²) in [5.41, 5.74) is 0.811. The van der Waals surface area contributed by atoms with Gasteiger partial charge in [-0.1, -0.05) is 0 Å². The van der Waals surface area contributed by atoms with Crippen molar-refractivity contribution in [1.29, 1.82) is 0 Å². The Morgan fingerprint density at radius 3 is 2.32 bits per heavy atom. The van der Waals surface area contributed by atoms with E-state index in [9.17, 15) is 8.42 Å². The van der Waals surface area contributed by atoms with Crippen molar-refractivity contribution in [2.75, 3.05) is 5.32 Å². The highest BCUT2D eigenvalue weighted by Gasteiger charge is 2.31. The molecule has 2 heterocycles. The van der Waals surface area contributed by atoms with Gasteiger partial charge in [0.1, 0.15) is 0 Å². The first-order valence-corrected chi connectivity index (χ1v) is 9.45. The first-order valence-electron chi connectivity index (χ1n) is 7.15. The maximum absolute atomic E-state index is 12.3. The van der Waals surface area contributed by atoms with Gasteiger partial charge in [0.15, 0.2) is 14.9 Å². The molecule has 0 aromatic carbocycles. The average Bonchev–Trinajstić information content (AvgIpc) is 2.85. The quantitative estimate of drug-likeness (QED) is 0.908. The monoisotopic (exact) mass is 338 g/mol. The van der Waals surface area contributed by atoms with Crippen LogP contribution >= 0.6 is 11.3 Å². The lowest BCUT2D eigenvalue weighted by Gasteiger charge is -2.19. The molecular formula is C16H22N2O2S2. The smallest absolute Gasteiger partial charge is 0.200 e. The molecule has 0 saturated carbocycles. The van der Waals surface area contributed by atoms with E-state index in [1.807, 2.05) is 0 Å². The van der Waals surface area contributed by atoms with Gasteiger partial charge in [0.2, 0.25) is 0 Å². The van der Waals surface area contributed by atoms with Crippen molar-refractivity contribution in [2.24, 2.45) is 0 Å². The Balaban J connectivity index is 2.16. The predicted molar refractivity (Wildman–Crippen MR) is 92.3 cm³/mol. The molecule has 6 heteroatoms. The van der Waals surface area contributed by atoms with Crippen LogP contribution in [0.4, 0.5) is 5.69 Å². The fourth-order valence-corrected chi connectivity index (χ4v) is 3.89. The second-order valence-electron chi connectivity index (χ2n) is 6.32. The van der Waals surface area contributed by atoms with Gasteiger partial charge in [-0.2, -0.15) is 0 Å². The lowest BCUT2D eigenvalue weighted by molar-refractivity contribution is 0.556. The summed E-state index contributed by atoms with van der Waals surface area (Å²) in [6, 6.07) is 7.68. The Kier molecular flexibility index (Phi) is 4.63. The van der Waals surface area contributed by atoms with Gasteiger partial charge in [-0.05, 0) is 58.9 Å². The van der Waals surface area contributed by atoms with E-state index in [1.54, 1.807) is 50.4 Å². The largest absolute Gasteiger partial charge is 0.376 e. The molecule has 0 radical (unpaired) electrons. The zero-order valence-electron chi connectivity index (χ0n) is 13.5. The molecule has 2 aromatic rings. The summed E-state index contributed by atoms with van der Waals surface area (Å²) in [6.45, 7) is 9.19. The fourth-order valence-electron chi connectivity index (χ4n) is 1.95. The molecule has 0 aliphatic heterocycles. The average molecular weight is 338 g/mol. The third kappa shape index (κ3) is 3.50. The minimum Gasteiger partial charge on any atom is -0.376 e. The molecule has 0 aliphatic rings. The number of thiophene rings is 1. The van der Waals surface area contributed by atoms with E-state index in [4.69, 9.17) is 0 Å². The summed E-state index contributed by atoms with van der Waals surface area (Å²) < 4.78 is 23.8. The van der Waals surface area contributed by atoms with Crippen molar-refractivity contribution in [3.63, 3.8) is 0 Å². The third-order valence-electron chi connectivity index (χ3n) is 3.39. The highest BCUT2D eigenvalue weighted by molar-refractivity contribution is 7.92. The zero-order chi connectivity index (χ0) is 16.5. The van der Waals surface area contributed by atoms with Crippen LogP contribution in [0.2, 0.25) is 0 Å². The molecule has 0 aliphatic carbocycles. The summed E-state index contributed by atoms with van der Waals surface area (Å²) in [7, 11) is -3.41. The molecule has 1 N–H and O–H groups in total. The van der Waals surface area contributed by atoms with E-state index in [1.165, 1.54) is 9.75 Å². The third-order valence-corrected chi connectivity index (χ3v) is 6.98. The van der Waals surface area contributed by atoms with Gasteiger partial charge in [0, 0.05) is 9.75 Å². The van der Waals surface area contributed by atoms with Crippen LogP contribution in [0.25, 0.3) is 0 Å². The first kappa shape index (κ1) is 17.0. The van der Waals surface area contributed by atoms with Gasteiger partial charge in [0.25, 0.3) is 0 Å². The molecule has 22 heavy (non-hydrogen) atoms. The Morgan fingerprint density at radius 2 is 1.86 bits per heavy atom. The topological polar surface area (TPSA) is 59.1 Å². The highest BCUT2D eigenvalue weighted by Crippen LogP contribution is 2.27. The summed E-state index contributed by atoms with van der Waals surface area (Å²) in [5, 5.41) is 3.46. The van der Waals surface area contributed by atoms with Crippen LogP contribution in [-0.4, -0.2) is 18.1 Å². The number of pyridine rings is 1. The summed E-state index contributed by atoms with van der Waals surface area (Å²) in [5.74, 6) is 0. The molecule has 0 fully saturated rings. The lowest BCUT2D eigenvalue weighted by atomic mass is 10.2. The Bertz CT molecular complexity index is 741. The SMILES string of the molecule is Cc1ccc(C(C)Nc2ccc(S(=O)(=O)C(C)(C)C)nc2)s1. The van der Waals surface area contributed by atoms with Crippen molar-refractivity contribution >= 4 is 26.9 Å². The maximum Gasteiger partial charge on any atom is 0.200 e. The molecule has 2 rings (SSSR count). The summed E-state index contributed by atoms with van der Waals surface area (Å²) >= 11 is 1.75. The Labute approximate surface area is 136 Å². The molecular weight excluding hydrogens is 316 g/mol. The first-order chi connectivity index (χ1) is 10.1. The van der Waals surface area contributed by atoms with E-state index < -0.39 is 14.6 Å². The van der Waals surface area contributed by atoms with E-state index in [-0.39, 0.29) is 11.1 Å². The van der Waals surface area contributed by atoms with Gasteiger partial charge >= 0.3 is 0 Å². The van der Waals surface area contributed by atoms with Crippen molar-refractivity contribution in [3.8, 4) is 0 Å². The van der Waals surface area contributed by atoms with Gasteiger partial charge in [-0.25, -0.2) is 13.4 Å². The number of aromatic nitrogens is 1. The van der Waals surface area contributed by atoms with Gasteiger partial charge in [-0.15, -0.1) is 11.3 Å². The van der Waals surface area contributed by atoms with Crippen LogP contribution in [0, 0.1) is 6.92 Å². The fraction of sp³-hybridized carbons (Fsp3) is 0.438. The van der Waals surface area contributed by atoms with E-state index in [0.29, 0.717) is 0 Å². The Hall–Kier alpha value is -1.40. The van der Waals surface area contributed by atoms with Crippen LogP contribution in [-0.2, 0) is 9.84 Å². The van der Waals surface area contributed by atoms with E-state index in [0.717, 1.165) is 5.69 Å². The number of hydrogen-bond donors (Lipinski definition) is 1. The second kappa shape index (κ2) is 6.01. The molecule has 1 atom stereocenters. The molecule has 4 nitrogen and oxygen atoms in total. The molecule has 0 spiro atoms. The van der Waals surface area contributed by atoms with Gasteiger partial charge in [-0.3, -0.25) is 0 Å². The molecule has 0 bridgehead atoms. The summed E-state index contributed by atoms with van der Waals surface area (Å²) in [4.78, 5) is 6.63. The maximum atomic E-state index is 12.3. The number of rotatable bonds is 4. The molecule has 0 saturated heterocycles. The molecule has 0 amide bonds. The van der Waals surface area contributed by atoms with Gasteiger partial charge < -0.3 is 5.32 Å².